The molecular weight excluding hydrogens is 232 g/mol. The Hall–Kier alpha value is -1.72. The lowest BCUT2D eigenvalue weighted by molar-refractivity contribution is -0.144. The van der Waals surface area contributed by atoms with Gasteiger partial charge in [-0.3, -0.25) is 19.6 Å². The largest absolute Gasteiger partial charge is 0.274 e. The first-order valence-corrected chi connectivity index (χ1v) is 6.36. The van der Waals surface area contributed by atoms with Crippen LogP contribution in [0.5, 0.6) is 0 Å². The van der Waals surface area contributed by atoms with Crippen molar-refractivity contribution in [1.82, 2.24) is 20.1 Å². The minimum Gasteiger partial charge on any atom is -0.274 e. The Bertz CT molecular complexity index is 476. The van der Waals surface area contributed by atoms with Crippen LogP contribution in [0.1, 0.15) is 50.9 Å². The third-order valence-electron chi connectivity index (χ3n) is 4.21. The van der Waals surface area contributed by atoms with E-state index in [1.165, 1.54) is 11.2 Å². The molecule has 2 heterocycles. The minimum atomic E-state index is -0.411. The zero-order chi connectivity index (χ0) is 12.8. The second kappa shape index (κ2) is 3.90. The van der Waals surface area contributed by atoms with Gasteiger partial charge in [0, 0.05) is 6.42 Å². The molecule has 1 spiro atoms. The van der Waals surface area contributed by atoms with E-state index in [-0.39, 0.29) is 17.9 Å². The summed E-state index contributed by atoms with van der Waals surface area (Å²) in [5, 5.41) is 6.50. The van der Waals surface area contributed by atoms with Crippen LogP contribution in [0.25, 0.3) is 0 Å². The summed E-state index contributed by atoms with van der Waals surface area (Å²) < 4.78 is 0. The third kappa shape index (κ3) is 1.48. The highest BCUT2D eigenvalue weighted by molar-refractivity contribution is 6.06. The zero-order valence-corrected chi connectivity index (χ0v) is 10.3. The fraction of sp³-hybridized carbons (Fsp3) is 0.667. The first kappa shape index (κ1) is 11.4. The molecule has 1 saturated carbocycles. The Kier molecular flexibility index (Phi) is 2.46. The summed E-state index contributed by atoms with van der Waals surface area (Å²) >= 11 is 0. The van der Waals surface area contributed by atoms with Crippen LogP contribution in [0.2, 0.25) is 0 Å². The summed E-state index contributed by atoms with van der Waals surface area (Å²) in [6.45, 7) is 1.81. The number of nitrogens with one attached hydrogen (secondary N) is 1. The molecule has 2 fully saturated rings. The van der Waals surface area contributed by atoms with Gasteiger partial charge >= 0.3 is 0 Å². The van der Waals surface area contributed by atoms with Gasteiger partial charge in [-0.15, -0.1) is 0 Å². The number of hydrogen-bond acceptors (Lipinski definition) is 4. The molecule has 0 bridgehead atoms. The molecule has 1 saturated heterocycles. The van der Waals surface area contributed by atoms with Gasteiger partial charge < -0.3 is 0 Å². The fourth-order valence-corrected chi connectivity index (χ4v) is 3.19. The first-order valence-electron chi connectivity index (χ1n) is 6.36. The maximum atomic E-state index is 12.5. The molecule has 18 heavy (non-hydrogen) atoms. The summed E-state index contributed by atoms with van der Waals surface area (Å²) in [6, 6.07) is -0.354. The van der Waals surface area contributed by atoms with Crippen molar-refractivity contribution in [3.8, 4) is 0 Å². The number of nitrogens with zero attached hydrogens (tertiary/aromatic N) is 3. The van der Waals surface area contributed by atoms with Gasteiger partial charge in [0.25, 0.3) is 0 Å². The molecule has 1 N–H and O–H groups in total. The molecule has 0 aromatic carbocycles. The van der Waals surface area contributed by atoms with E-state index < -0.39 is 5.41 Å². The summed E-state index contributed by atoms with van der Waals surface area (Å²) in [4.78, 5) is 30.0. The summed E-state index contributed by atoms with van der Waals surface area (Å²) in [6.07, 6.45) is 5.54. The molecule has 2 aliphatic rings. The standard InChI is InChI=1S/C12H16N4O2/c1-8(10-13-7-14-15-10)16-9(17)6-12(11(16)18)4-2-3-5-12/h7-8H,2-6H2,1H3,(H,13,14,15). The fourth-order valence-electron chi connectivity index (χ4n) is 3.19. The Balaban J connectivity index is 1.89. The first-order chi connectivity index (χ1) is 8.64. The maximum Gasteiger partial charge on any atom is 0.236 e. The molecule has 1 aromatic heterocycles. The lowest BCUT2D eigenvalue weighted by Crippen LogP contribution is -2.36. The SMILES string of the molecule is CC(c1ncn[nH]1)N1C(=O)CC2(CCCC2)C1=O. The van der Waals surface area contributed by atoms with Gasteiger partial charge in [-0.2, -0.15) is 5.10 Å². The lowest BCUT2D eigenvalue weighted by atomic mass is 9.84. The van der Waals surface area contributed by atoms with E-state index in [1.807, 2.05) is 6.92 Å². The number of aromatic nitrogens is 3. The lowest BCUT2D eigenvalue weighted by Gasteiger charge is -2.24. The molecule has 1 aliphatic heterocycles. The maximum absolute atomic E-state index is 12.5. The number of imide groups is 1. The van der Waals surface area contributed by atoms with Crippen molar-refractivity contribution in [3.63, 3.8) is 0 Å². The normalized spacial score (nSPS) is 24.2. The van der Waals surface area contributed by atoms with Crippen LogP contribution in [-0.4, -0.2) is 31.9 Å². The predicted molar refractivity (Wildman–Crippen MR) is 62.2 cm³/mol. The van der Waals surface area contributed by atoms with E-state index >= 15 is 0 Å². The minimum absolute atomic E-state index is 0.0195. The molecule has 1 unspecified atom stereocenters. The molecule has 1 aliphatic carbocycles. The number of aromatic amines is 1. The molecule has 3 rings (SSSR count). The van der Waals surface area contributed by atoms with Crippen LogP contribution in [0.15, 0.2) is 6.33 Å². The number of carbonyl (C=O) groups is 2. The zero-order valence-electron chi connectivity index (χ0n) is 10.3. The second-order valence-electron chi connectivity index (χ2n) is 5.28. The van der Waals surface area contributed by atoms with Crippen molar-refractivity contribution >= 4 is 11.8 Å². The van der Waals surface area contributed by atoms with Gasteiger partial charge in [-0.05, 0) is 19.8 Å². The van der Waals surface area contributed by atoms with Crippen molar-refractivity contribution in [3.05, 3.63) is 12.2 Å². The number of H-pyrrole nitrogens is 1. The van der Waals surface area contributed by atoms with Crippen molar-refractivity contribution in [1.29, 1.82) is 0 Å². The van der Waals surface area contributed by atoms with Gasteiger partial charge in [0.15, 0.2) is 0 Å². The van der Waals surface area contributed by atoms with Crippen LogP contribution in [0.3, 0.4) is 0 Å². The van der Waals surface area contributed by atoms with Gasteiger partial charge in [0.1, 0.15) is 12.2 Å². The van der Waals surface area contributed by atoms with E-state index in [2.05, 4.69) is 15.2 Å². The number of likely N-dealkylation sites (tertiary alicyclic amines) is 1. The van der Waals surface area contributed by atoms with Crippen molar-refractivity contribution in [2.24, 2.45) is 5.41 Å². The van der Waals surface area contributed by atoms with Gasteiger partial charge in [-0.25, -0.2) is 4.98 Å². The summed E-state index contributed by atoms with van der Waals surface area (Å²) in [5.74, 6) is 0.464. The number of hydrogen-bond donors (Lipinski definition) is 1. The Morgan fingerprint density at radius 3 is 2.72 bits per heavy atom. The van der Waals surface area contributed by atoms with E-state index in [1.54, 1.807) is 0 Å². The van der Waals surface area contributed by atoms with E-state index in [0.717, 1.165) is 25.7 Å². The van der Waals surface area contributed by atoms with E-state index in [4.69, 9.17) is 0 Å². The monoisotopic (exact) mass is 248 g/mol. The highest BCUT2D eigenvalue weighted by Crippen LogP contribution is 2.48. The Labute approximate surface area is 105 Å². The molecule has 0 radical (unpaired) electrons. The quantitative estimate of drug-likeness (QED) is 0.797. The number of rotatable bonds is 2. The molecular formula is C12H16N4O2. The predicted octanol–water partition coefficient (Wildman–Crippen LogP) is 1.18. The highest BCUT2D eigenvalue weighted by Gasteiger charge is 2.54. The molecule has 6 heteroatoms. The molecule has 1 atom stereocenters. The van der Waals surface area contributed by atoms with E-state index in [0.29, 0.717) is 12.2 Å². The highest BCUT2D eigenvalue weighted by atomic mass is 16.2. The van der Waals surface area contributed by atoms with Gasteiger partial charge in [0.2, 0.25) is 11.8 Å². The van der Waals surface area contributed by atoms with E-state index in [9.17, 15) is 9.59 Å². The second-order valence-corrected chi connectivity index (χ2v) is 5.28. The number of amides is 2. The van der Waals surface area contributed by atoms with Crippen LogP contribution < -0.4 is 0 Å². The Morgan fingerprint density at radius 1 is 1.39 bits per heavy atom. The average molecular weight is 248 g/mol. The van der Waals surface area contributed by atoms with Gasteiger partial charge in [-0.1, -0.05) is 12.8 Å². The van der Waals surface area contributed by atoms with Gasteiger partial charge in [0.05, 0.1) is 11.5 Å². The van der Waals surface area contributed by atoms with Crippen LogP contribution >= 0.6 is 0 Å². The van der Waals surface area contributed by atoms with Crippen LogP contribution in [0.4, 0.5) is 0 Å². The van der Waals surface area contributed by atoms with Crippen molar-refractivity contribution in [2.75, 3.05) is 0 Å². The molecule has 2 amide bonds. The molecule has 1 aromatic rings. The number of carbonyl (C=O) groups excluding carboxylic acids is 2. The summed E-state index contributed by atoms with van der Waals surface area (Å²) in [7, 11) is 0. The van der Waals surface area contributed by atoms with Crippen LogP contribution in [0, 0.1) is 5.41 Å². The van der Waals surface area contributed by atoms with Crippen molar-refractivity contribution < 1.29 is 9.59 Å². The van der Waals surface area contributed by atoms with Crippen molar-refractivity contribution in [2.45, 2.75) is 45.1 Å². The molecule has 96 valence electrons. The summed E-state index contributed by atoms with van der Waals surface area (Å²) in [5.41, 5.74) is -0.411. The molecule has 6 nitrogen and oxygen atoms in total. The van der Waals surface area contributed by atoms with Crippen LogP contribution in [-0.2, 0) is 9.59 Å². The average Bonchev–Trinajstić information content (AvgIpc) is 3.03. The smallest absolute Gasteiger partial charge is 0.236 e. The topological polar surface area (TPSA) is 79.0 Å². The Morgan fingerprint density at radius 2 is 2.11 bits per heavy atom. The third-order valence-corrected chi connectivity index (χ3v) is 4.21.